The number of carbonyl (C=O) groups is 1. The molecule has 4 heteroatoms. The highest BCUT2D eigenvalue weighted by molar-refractivity contribution is 7.78. The predicted molar refractivity (Wildman–Crippen MR) is 104 cm³/mol. The first-order valence-electron chi connectivity index (χ1n) is 8.20. The fourth-order valence-corrected chi connectivity index (χ4v) is 3.59. The van der Waals surface area contributed by atoms with E-state index >= 15 is 0 Å². The van der Waals surface area contributed by atoms with Crippen molar-refractivity contribution in [2.75, 3.05) is 0 Å². The molecule has 122 valence electrons. The zero-order valence-electron chi connectivity index (χ0n) is 13.5. The van der Waals surface area contributed by atoms with Gasteiger partial charge in [0.2, 0.25) is 0 Å². The van der Waals surface area contributed by atoms with Gasteiger partial charge in [0.15, 0.2) is 0 Å². The Morgan fingerprint density at radius 3 is 2.40 bits per heavy atom. The van der Waals surface area contributed by atoms with Gasteiger partial charge < -0.3 is 4.84 Å². The summed E-state index contributed by atoms with van der Waals surface area (Å²) in [6, 6.07) is 19.4. The van der Waals surface area contributed by atoms with Crippen molar-refractivity contribution >= 4 is 55.7 Å². The van der Waals surface area contributed by atoms with Crippen LogP contribution in [0, 0.1) is 0 Å². The molecule has 0 unspecified atom stereocenters. The Hall–Kier alpha value is -2.81. The van der Waals surface area contributed by atoms with E-state index in [1.807, 2.05) is 5.16 Å². The number of aryl methyl sites for hydroxylation is 1. The minimum absolute atomic E-state index is 0.308. The van der Waals surface area contributed by atoms with Crippen molar-refractivity contribution in [3.8, 4) is 0 Å². The lowest BCUT2D eigenvalue weighted by atomic mass is 9.90. The molecule has 0 radical (unpaired) electrons. The van der Waals surface area contributed by atoms with Crippen LogP contribution in [0.1, 0.15) is 18.4 Å². The Bertz CT molecular complexity index is 1110. The van der Waals surface area contributed by atoms with Crippen molar-refractivity contribution in [2.45, 2.75) is 19.3 Å². The van der Waals surface area contributed by atoms with Crippen LogP contribution in [-0.4, -0.2) is 11.1 Å². The van der Waals surface area contributed by atoms with Gasteiger partial charge in [-0.3, -0.25) is 0 Å². The van der Waals surface area contributed by atoms with Gasteiger partial charge in [-0.15, -0.1) is 0 Å². The second-order valence-electron chi connectivity index (χ2n) is 6.08. The van der Waals surface area contributed by atoms with Crippen molar-refractivity contribution < 1.29 is 9.63 Å². The van der Waals surface area contributed by atoms with Crippen LogP contribution in [0.2, 0.25) is 0 Å². The number of hydrogen-bond acceptors (Lipinski definition) is 4. The van der Waals surface area contributed by atoms with Crippen LogP contribution >= 0.6 is 12.2 Å². The number of rotatable bonds is 5. The van der Waals surface area contributed by atoms with E-state index in [4.69, 9.17) is 0 Å². The number of carbonyl (C=O) groups excluding carboxylic acids is 1. The first kappa shape index (κ1) is 15.7. The molecule has 0 atom stereocenters. The Labute approximate surface area is 150 Å². The van der Waals surface area contributed by atoms with E-state index in [9.17, 15) is 4.79 Å². The van der Waals surface area contributed by atoms with Crippen LogP contribution in [0.3, 0.4) is 0 Å². The van der Waals surface area contributed by atoms with Gasteiger partial charge >= 0.3 is 5.97 Å². The lowest BCUT2D eigenvalue weighted by Crippen LogP contribution is -2.00. The van der Waals surface area contributed by atoms with Crippen molar-refractivity contribution in [3.63, 3.8) is 0 Å². The second kappa shape index (κ2) is 6.60. The van der Waals surface area contributed by atoms with Gasteiger partial charge in [0.05, 0.1) is 0 Å². The summed E-state index contributed by atoms with van der Waals surface area (Å²) >= 11 is 4.38. The van der Waals surface area contributed by atoms with Crippen molar-refractivity contribution in [1.29, 1.82) is 0 Å². The Morgan fingerprint density at radius 1 is 0.960 bits per heavy atom. The zero-order valence-corrected chi connectivity index (χ0v) is 14.3. The number of hydrogen-bond donors (Lipinski definition) is 0. The maximum atomic E-state index is 11.5. The van der Waals surface area contributed by atoms with E-state index in [1.54, 1.807) is 0 Å². The van der Waals surface area contributed by atoms with Gasteiger partial charge in [0.1, 0.15) is 5.16 Å². The average Bonchev–Trinajstić information content (AvgIpc) is 2.65. The molecule has 0 aromatic heterocycles. The molecule has 25 heavy (non-hydrogen) atoms. The highest BCUT2D eigenvalue weighted by Crippen LogP contribution is 2.36. The molecule has 0 fully saturated rings. The number of isothiocyanates is 1. The predicted octanol–water partition coefficient (Wildman–Crippen LogP) is 5.47. The summed E-state index contributed by atoms with van der Waals surface area (Å²) in [4.78, 5) is 16.1. The number of nitrogens with zero attached hydrogens (tertiary/aromatic N) is 1. The van der Waals surface area contributed by atoms with E-state index in [2.05, 4.69) is 76.8 Å². The zero-order chi connectivity index (χ0) is 17.2. The quantitative estimate of drug-likeness (QED) is 0.158. The minimum Gasteiger partial charge on any atom is -0.309 e. The molecule has 0 saturated heterocycles. The molecule has 0 aliphatic carbocycles. The molecule has 0 spiro atoms. The SMILES string of the molecule is O=C(CCCc1ccc2ccc3cccc4ccc1c2c34)ON=C=S. The standard InChI is InChI=1S/C21H15NO2S/c23-19(24-22-13-25)6-2-3-14-7-8-17-10-9-15-4-1-5-16-11-12-18(14)21(17)20(15)16/h1,4-5,7-12H,2-3,6H2. The lowest BCUT2D eigenvalue weighted by molar-refractivity contribution is -0.143. The largest absolute Gasteiger partial charge is 0.335 e. The first-order chi connectivity index (χ1) is 12.3. The van der Waals surface area contributed by atoms with E-state index < -0.39 is 0 Å². The van der Waals surface area contributed by atoms with Crippen molar-refractivity contribution in [3.05, 3.63) is 60.2 Å². The number of benzene rings is 4. The third-order valence-electron chi connectivity index (χ3n) is 4.63. The Kier molecular flexibility index (Phi) is 4.14. The average molecular weight is 345 g/mol. The van der Waals surface area contributed by atoms with Crippen LogP contribution < -0.4 is 0 Å². The molecule has 4 rings (SSSR count). The van der Waals surface area contributed by atoms with Gasteiger partial charge in [-0.05, 0) is 68.1 Å². The van der Waals surface area contributed by atoms with Crippen molar-refractivity contribution in [1.82, 2.24) is 0 Å². The third-order valence-corrected chi connectivity index (χ3v) is 4.71. The molecule has 0 bridgehead atoms. The molecule has 0 aliphatic heterocycles. The topological polar surface area (TPSA) is 38.7 Å². The van der Waals surface area contributed by atoms with Crippen LogP contribution in [-0.2, 0) is 16.1 Å². The Morgan fingerprint density at radius 2 is 1.64 bits per heavy atom. The first-order valence-corrected chi connectivity index (χ1v) is 8.61. The van der Waals surface area contributed by atoms with Gasteiger partial charge in [-0.2, -0.15) is 0 Å². The molecule has 0 N–H and O–H groups in total. The third kappa shape index (κ3) is 2.86. The maximum Gasteiger partial charge on any atom is 0.335 e. The molecular formula is C21H15NO2S. The maximum absolute atomic E-state index is 11.5. The summed E-state index contributed by atoms with van der Waals surface area (Å²) in [7, 11) is 0. The molecule has 0 heterocycles. The van der Waals surface area contributed by atoms with Crippen LogP contribution in [0.5, 0.6) is 0 Å². The van der Waals surface area contributed by atoms with E-state index in [1.165, 1.54) is 37.9 Å². The summed E-state index contributed by atoms with van der Waals surface area (Å²) in [6.45, 7) is 0. The summed E-state index contributed by atoms with van der Waals surface area (Å²) in [5.74, 6) is -0.380. The fraction of sp³-hybridized carbons (Fsp3) is 0.143. The smallest absolute Gasteiger partial charge is 0.309 e. The van der Waals surface area contributed by atoms with E-state index in [-0.39, 0.29) is 5.97 Å². The number of thiocarbonyl (C=S) groups is 1. The summed E-state index contributed by atoms with van der Waals surface area (Å²) in [5.41, 5.74) is 1.25. The Balaban J connectivity index is 1.70. The molecule has 3 nitrogen and oxygen atoms in total. The molecular weight excluding hydrogens is 330 g/mol. The lowest BCUT2D eigenvalue weighted by Gasteiger charge is -2.13. The van der Waals surface area contributed by atoms with Gasteiger partial charge in [0.25, 0.3) is 0 Å². The molecule has 0 amide bonds. The summed E-state index contributed by atoms with van der Waals surface area (Å²) in [5, 5.41) is 12.9. The van der Waals surface area contributed by atoms with E-state index in [0.29, 0.717) is 12.8 Å². The molecule has 0 aliphatic rings. The normalized spacial score (nSPS) is 11.0. The molecule has 4 aromatic carbocycles. The van der Waals surface area contributed by atoms with Crippen LogP contribution in [0.4, 0.5) is 0 Å². The fourth-order valence-electron chi connectivity index (χ4n) is 3.55. The summed E-state index contributed by atoms with van der Waals surface area (Å²) < 4.78 is 0. The minimum atomic E-state index is -0.380. The van der Waals surface area contributed by atoms with Crippen LogP contribution in [0.15, 0.2) is 59.8 Å². The molecule has 0 saturated carbocycles. The van der Waals surface area contributed by atoms with Gasteiger partial charge in [-0.25, -0.2) is 4.79 Å². The molecule has 4 aromatic rings. The van der Waals surface area contributed by atoms with Gasteiger partial charge in [-0.1, -0.05) is 54.6 Å². The van der Waals surface area contributed by atoms with Crippen LogP contribution in [0.25, 0.3) is 32.3 Å². The monoisotopic (exact) mass is 345 g/mol. The highest BCUT2D eigenvalue weighted by atomic mass is 32.1. The van der Waals surface area contributed by atoms with Crippen molar-refractivity contribution in [2.24, 2.45) is 5.16 Å². The van der Waals surface area contributed by atoms with Gasteiger partial charge in [0, 0.05) is 6.42 Å². The summed E-state index contributed by atoms with van der Waals surface area (Å²) in [6.07, 6.45) is 1.82. The second-order valence-corrected chi connectivity index (χ2v) is 6.26. The van der Waals surface area contributed by atoms with E-state index in [0.717, 1.165) is 6.42 Å². The highest BCUT2D eigenvalue weighted by Gasteiger charge is 2.11.